The molecule has 0 spiro atoms. The van der Waals surface area contributed by atoms with Crippen molar-refractivity contribution in [2.45, 2.75) is 47.1 Å². The summed E-state index contributed by atoms with van der Waals surface area (Å²) < 4.78 is 6.12. The Kier molecular flexibility index (Phi) is 6.67. The molecule has 1 N–H and O–H groups in total. The van der Waals surface area contributed by atoms with Crippen LogP contribution in [0.2, 0.25) is 5.02 Å². The molecule has 0 heterocycles. The molecule has 19 heavy (non-hydrogen) atoms. The molecule has 0 bridgehead atoms. The van der Waals surface area contributed by atoms with Gasteiger partial charge in [-0.15, -0.1) is 0 Å². The molecule has 0 saturated carbocycles. The normalized spacial score (nSPS) is 12.8. The third-order valence-corrected chi connectivity index (χ3v) is 3.81. The highest BCUT2D eigenvalue weighted by Gasteiger charge is 2.15. The van der Waals surface area contributed by atoms with Gasteiger partial charge in [-0.3, -0.25) is 0 Å². The van der Waals surface area contributed by atoms with Crippen molar-refractivity contribution in [2.75, 3.05) is 13.1 Å². The lowest BCUT2D eigenvalue weighted by atomic mass is 10.1. The second-order valence-electron chi connectivity index (χ2n) is 5.48. The first-order chi connectivity index (χ1) is 8.95. The van der Waals surface area contributed by atoms with Crippen LogP contribution in [0.3, 0.4) is 0 Å². The first-order valence-electron chi connectivity index (χ1n) is 7.09. The zero-order valence-corrected chi connectivity index (χ0v) is 13.5. The molecule has 0 aromatic heterocycles. The summed E-state index contributed by atoms with van der Waals surface area (Å²) in [6.07, 6.45) is 1.33. The summed E-state index contributed by atoms with van der Waals surface area (Å²) in [6, 6.07) is 4.04. The average molecular weight is 284 g/mol. The van der Waals surface area contributed by atoms with Crippen molar-refractivity contribution < 1.29 is 4.74 Å². The van der Waals surface area contributed by atoms with Crippen molar-refractivity contribution in [3.63, 3.8) is 0 Å². The predicted molar refractivity (Wildman–Crippen MR) is 83.3 cm³/mol. The molecule has 1 atom stereocenters. The van der Waals surface area contributed by atoms with E-state index in [0.29, 0.717) is 5.92 Å². The minimum absolute atomic E-state index is 0.187. The lowest BCUT2D eigenvalue weighted by molar-refractivity contribution is 0.149. The van der Waals surface area contributed by atoms with E-state index in [-0.39, 0.29) is 6.10 Å². The number of nitrogens with one attached hydrogen (secondary N) is 1. The van der Waals surface area contributed by atoms with E-state index in [1.807, 2.05) is 26.0 Å². The molecule has 0 aliphatic rings. The SMILES string of the molecule is CCCNCC(Oc1cc(C)c(Cl)c(C)c1)C(C)C. The monoisotopic (exact) mass is 283 g/mol. The van der Waals surface area contributed by atoms with Crippen LogP contribution in [0.4, 0.5) is 0 Å². The number of aryl methyl sites for hydroxylation is 2. The Bertz CT molecular complexity index is 381. The quantitative estimate of drug-likeness (QED) is 0.751. The minimum atomic E-state index is 0.187. The van der Waals surface area contributed by atoms with Crippen molar-refractivity contribution in [2.24, 2.45) is 5.92 Å². The second-order valence-corrected chi connectivity index (χ2v) is 5.85. The Morgan fingerprint density at radius 3 is 2.26 bits per heavy atom. The summed E-state index contributed by atoms with van der Waals surface area (Å²) in [7, 11) is 0. The van der Waals surface area contributed by atoms with Crippen molar-refractivity contribution in [3.05, 3.63) is 28.3 Å². The number of ether oxygens (including phenoxy) is 1. The minimum Gasteiger partial charge on any atom is -0.489 e. The number of benzene rings is 1. The number of hydrogen-bond acceptors (Lipinski definition) is 2. The molecular formula is C16H26ClNO. The van der Waals surface area contributed by atoms with E-state index in [4.69, 9.17) is 16.3 Å². The molecule has 2 nitrogen and oxygen atoms in total. The van der Waals surface area contributed by atoms with Crippen molar-refractivity contribution in [1.82, 2.24) is 5.32 Å². The van der Waals surface area contributed by atoms with Crippen molar-refractivity contribution in [1.29, 1.82) is 0 Å². The maximum atomic E-state index is 6.18. The van der Waals surface area contributed by atoms with Crippen LogP contribution in [0.1, 0.15) is 38.3 Å². The van der Waals surface area contributed by atoms with Crippen LogP contribution in [-0.4, -0.2) is 19.2 Å². The smallest absolute Gasteiger partial charge is 0.120 e. The zero-order valence-electron chi connectivity index (χ0n) is 12.7. The first kappa shape index (κ1) is 16.3. The summed E-state index contributed by atoms with van der Waals surface area (Å²) in [5, 5.41) is 4.26. The van der Waals surface area contributed by atoms with Crippen LogP contribution in [0, 0.1) is 19.8 Å². The van der Waals surface area contributed by atoms with Gasteiger partial charge in [-0.05, 0) is 56.0 Å². The molecule has 0 aliphatic carbocycles. The summed E-state index contributed by atoms with van der Waals surface area (Å²) in [4.78, 5) is 0. The van der Waals surface area contributed by atoms with Gasteiger partial charge >= 0.3 is 0 Å². The third-order valence-electron chi connectivity index (χ3n) is 3.21. The van der Waals surface area contributed by atoms with Gasteiger partial charge < -0.3 is 10.1 Å². The standard InChI is InChI=1S/C16H26ClNO/c1-6-7-18-10-15(11(2)3)19-14-8-12(4)16(17)13(5)9-14/h8-9,11,15,18H,6-7,10H2,1-5H3. The second kappa shape index (κ2) is 7.76. The Morgan fingerprint density at radius 2 is 1.79 bits per heavy atom. The summed E-state index contributed by atoms with van der Waals surface area (Å²) in [5.74, 6) is 1.39. The van der Waals surface area contributed by atoms with E-state index in [1.165, 1.54) is 0 Å². The highest BCUT2D eigenvalue weighted by atomic mass is 35.5. The molecule has 0 aliphatic heterocycles. The Labute approximate surface area is 122 Å². The molecule has 1 unspecified atom stereocenters. The highest BCUT2D eigenvalue weighted by molar-refractivity contribution is 6.32. The Hall–Kier alpha value is -0.730. The fraction of sp³-hybridized carbons (Fsp3) is 0.625. The van der Waals surface area contributed by atoms with Gasteiger partial charge in [0, 0.05) is 11.6 Å². The van der Waals surface area contributed by atoms with E-state index in [0.717, 1.165) is 41.4 Å². The fourth-order valence-electron chi connectivity index (χ4n) is 1.98. The van der Waals surface area contributed by atoms with Crippen LogP contribution < -0.4 is 10.1 Å². The van der Waals surface area contributed by atoms with Crippen LogP contribution >= 0.6 is 11.6 Å². The van der Waals surface area contributed by atoms with Crippen molar-refractivity contribution in [3.8, 4) is 5.75 Å². The van der Waals surface area contributed by atoms with Gasteiger partial charge in [0.2, 0.25) is 0 Å². The van der Waals surface area contributed by atoms with Crippen LogP contribution in [0.15, 0.2) is 12.1 Å². The van der Waals surface area contributed by atoms with Gasteiger partial charge in [0.05, 0.1) is 0 Å². The molecule has 108 valence electrons. The number of halogens is 1. The number of rotatable bonds is 7. The van der Waals surface area contributed by atoms with Crippen LogP contribution in [0.5, 0.6) is 5.75 Å². The van der Waals surface area contributed by atoms with Crippen LogP contribution in [-0.2, 0) is 0 Å². The Balaban J connectivity index is 2.73. The molecule has 1 rings (SSSR count). The first-order valence-corrected chi connectivity index (χ1v) is 7.47. The summed E-state index contributed by atoms with van der Waals surface area (Å²) in [6.45, 7) is 12.5. The van der Waals surface area contributed by atoms with E-state index < -0.39 is 0 Å². The third kappa shape index (κ3) is 5.04. The fourth-order valence-corrected chi connectivity index (χ4v) is 2.09. The van der Waals surface area contributed by atoms with E-state index in [2.05, 4.69) is 26.1 Å². The molecule has 0 radical (unpaired) electrons. The lowest BCUT2D eigenvalue weighted by Crippen LogP contribution is -2.35. The zero-order chi connectivity index (χ0) is 14.4. The largest absolute Gasteiger partial charge is 0.489 e. The molecule has 0 fully saturated rings. The topological polar surface area (TPSA) is 21.3 Å². The van der Waals surface area contributed by atoms with E-state index in [1.54, 1.807) is 0 Å². The van der Waals surface area contributed by atoms with E-state index >= 15 is 0 Å². The molecule has 3 heteroatoms. The lowest BCUT2D eigenvalue weighted by Gasteiger charge is -2.23. The average Bonchev–Trinajstić information content (AvgIpc) is 2.34. The van der Waals surface area contributed by atoms with Gasteiger partial charge in [0.25, 0.3) is 0 Å². The molecular weight excluding hydrogens is 258 g/mol. The van der Waals surface area contributed by atoms with Gasteiger partial charge in [0.1, 0.15) is 11.9 Å². The molecule has 1 aromatic rings. The van der Waals surface area contributed by atoms with Gasteiger partial charge in [-0.2, -0.15) is 0 Å². The van der Waals surface area contributed by atoms with Gasteiger partial charge in [-0.1, -0.05) is 32.4 Å². The van der Waals surface area contributed by atoms with Crippen molar-refractivity contribution >= 4 is 11.6 Å². The molecule has 1 aromatic carbocycles. The highest BCUT2D eigenvalue weighted by Crippen LogP contribution is 2.27. The van der Waals surface area contributed by atoms with Gasteiger partial charge in [0.15, 0.2) is 0 Å². The molecule has 0 amide bonds. The van der Waals surface area contributed by atoms with E-state index in [9.17, 15) is 0 Å². The van der Waals surface area contributed by atoms with Crippen LogP contribution in [0.25, 0.3) is 0 Å². The maximum Gasteiger partial charge on any atom is 0.120 e. The predicted octanol–water partition coefficient (Wildman–Crippen LogP) is 4.36. The molecule has 0 saturated heterocycles. The summed E-state index contributed by atoms with van der Waals surface area (Å²) >= 11 is 6.18. The number of hydrogen-bond donors (Lipinski definition) is 1. The van der Waals surface area contributed by atoms with Gasteiger partial charge in [-0.25, -0.2) is 0 Å². The maximum absolute atomic E-state index is 6.18. The summed E-state index contributed by atoms with van der Waals surface area (Å²) in [5.41, 5.74) is 2.14. The Morgan fingerprint density at radius 1 is 1.21 bits per heavy atom.